The first kappa shape index (κ1) is 14.0. The maximum atomic E-state index is 5.67. The number of benzene rings is 1. The molecule has 0 radical (unpaired) electrons. The fourth-order valence-electron chi connectivity index (χ4n) is 2.04. The summed E-state index contributed by atoms with van der Waals surface area (Å²) in [5.74, 6) is 6.56. The molecule has 0 spiro atoms. The summed E-state index contributed by atoms with van der Waals surface area (Å²) in [6.45, 7) is 8.74. The first-order chi connectivity index (χ1) is 7.87. The molecular weight excluding hydrogens is 212 g/mol. The Bertz CT molecular complexity index is 369. The summed E-state index contributed by atoms with van der Waals surface area (Å²) in [5.41, 5.74) is 5.60. The molecule has 96 valence electrons. The first-order valence-electron chi connectivity index (χ1n) is 5.98. The van der Waals surface area contributed by atoms with Crippen molar-refractivity contribution in [1.82, 2.24) is 5.43 Å². The summed E-state index contributed by atoms with van der Waals surface area (Å²) in [6.07, 6.45) is 0.997. The van der Waals surface area contributed by atoms with Crippen LogP contribution in [0.4, 0.5) is 0 Å². The van der Waals surface area contributed by atoms with Crippen LogP contribution in [0.25, 0.3) is 0 Å². The minimum absolute atomic E-state index is 0.181. The lowest BCUT2D eigenvalue weighted by molar-refractivity contribution is 0.312. The number of aryl methyl sites for hydroxylation is 1. The van der Waals surface area contributed by atoms with E-state index in [0.717, 1.165) is 12.2 Å². The second-order valence-electron chi connectivity index (χ2n) is 5.71. The van der Waals surface area contributed by atoms with Gasteiger partial charge in [0, 0.05) is 6.04 Å². The average Bonchev–Trinajstić information content (AvgIpc) is 2.24. The van der Waals surface area contributed by atoms with E-state index in [1.54, 1.807) is 7.11 Å². The van der Waals surface area contributed by atoms with Gasteiger partial charge in [0.05, 0.1) is 7.11 Å². The summed E-state index contributed by atoms with van der Waals surface area (Å²) in [6, 6.07) is 6.29. The molecule has 0 saturated carbocycles. The Morgan fingerprint density at radius 2 is 2.00 bits per heavy atom. The molecule has 0 aromatic heterocycles. The van der Waals surface area contributed by atoms with Crippen LogP contribution in [0.3, 0.4) is 0 Å². The number of hydrazine groups is 1. The van der Waals surface area contributed by atoms with Crippen molar-refractivity contribution in [2.45, 2.75) is 40.2 Å². The number of nitrogens with two attached hydrogens (primary N) is 1. The van der Waals surface area contributed by atoms with Gasteiger partial charge in [0.1, 0.15) is 5.75 Å². The molecule has 0 saturated heterocycles. The van der Waals surface area contributed by atoms with Crippen LogP contribution < -0.4 is 16.0 Å². The summed E-state index contributed by atoms with van der Waals surface area (Å²) in [5, 5.41) is 0. The number of rotatable bonds is 4. The Balaban J connectivity index is 2.96. The predicted octanol–water partition coefficient (Wildman–Crippen LogP) is 2.94. The van der Waals surface area contributed by atoms with Gasteiger partial charge < -0.3 is 4.74 Å². The van der Waals surface area contributed by atoms with Crippen LogP contribution in [0, 0.1) is 12.3 Å². The molecule has 0 aliphatic rings. The number of hydrogen-bond donors (Lipinski definition) is 2. The van der Waals surface area contributed by atoms with Gasteiger partial charge in [0.25, 0.3) is 0 Å². The third kappa shape index (κ3) is 4.02. The van der Waals surface area contributed by atoms with Gasteiger partial charge in [-0.3, -0.25) is 11.3 Å². The van der Waals surface area contributed by atoms with Crippen molar-refractivity contribution in [1.29, 1.82) is 0 Å². The molecule has 1 unspecified atom stereocenters. The maximum Gasteiger partial charge on any atom is 0.119 e. The maximum absolute atomic E-state index is 5.67. The molecule has 0 heterocycles. The number of methoxy groups -OCH3 is 1. The van der Waals surface area contributed by atoms with E-state index in [2.05, 4.69) is 39.2 Å². The van der Waals surface area contributed by atoms with E-state index in [0.29, 0.717) is 0 Å². The zero-order valence-electron chi connectivity index (χ0n) is 11.5. The Morgan fingerprint density at radius 3 is 2.41 bits per heavy atom. The van der Waals surface area contributed by atoms with E-state index in [1.807, 2.05) is 12.1 Å². The lowest BCUT2D eigenvalue weighted by atomic mass is 9.84. The van der Waals surface area contributed by atoms with E-state index in [4.69, 9.17) is 10.6 Å². The van der Waals surface area contributed by atoms with Crippen LogP contribution in [0.1, 0.15) is 44.4 Å². The van der Waals surface area contributed by atoms with E-state index in [1.165, 1.54) is 11.1 Å². The number of nitrogens with one attached hydrogen (secondary N) is 1. The Morgan fingerprint density at radius 1 is 1.35 bits per heavy atom. The quantitative estimate of drug-likeness (QED) is 0.624. The summed E-state index contributed by atoms with van der Waals surface area (Å²) in [7, 11) is 1.68. The van der Waals surface area contributed by atoms with Crippen molar-refractivity contribution < 1.29 is 4.74 Å². The zero-order valence-corrected chi connectivity index (χ0v) is 11.5. The van der Waals surface area contributed by atoms with Gasteiger partial charge in [-0.2, -0.15) is 0 Å². The van der Waals surface area contributed by atoms with Gasteiger partial charge in [-0.1, -0.05) is 26.8 Å². The Labute approximate surface area is 104 Å². The normalized spacial score (nSPS) is 13.5. The number of ether oxygens (including phenoxy) is 1. The molecule has 3 heteroatoms. The highest BCUT2D eigenvalue weighted by Gasteiger charge is 2.20. The summed E-state index contributed by atoms with van der Waals surface area (Å²) >= 11 is 0. The van der Waals surface area contributed by atoms with E-state index >= 15 is 0 Å². The van der Waals surface area contributed by atoms with Crippen molar-refractivity contribution in [3.05, 3.63) is 29.3 Å². The lowest BCUT2D eigenvalue weighted by Gasteiger charge is -2.27. The van der Waals surface area contributed by atoms with Gasteiger partial charge in [-0.05, 0) is 42.0 Å². The van der Waals surface area contributed by atoms with Gasteiger partial charge in [0.15, 0.2) is 0 Å². The Kier molecular flexibility index (Phi) is 4.54. The van der Waals surface area contributed by atoms with Gasteiger partial charge in [-0.25, -0.2) is 0 Å². The molecule has 0 amide bonds. The highest BCUT2D eigenvalue weighted by molar-refractivity contribution is 5.36. The molecule has 1 atom stereocenters. The lowest BCUT2D eigenvalue weighted by Crippen LogP contribution is -2.31. The fraction of sp³-hybridized carbons (Fsp3) is 0.571. The molecule has 0 aliphatic carbocycles. The standard InChI is InChI=1S/C14H24N2O/c1-10-8-11(17-5)6-7-12(10)13(16-15)9-14(2,3)4/h6-8,13,16H,9,15H2,1-5H3. The molecule has 3 nitrogen and oxygen atoms in total. The molecule has 1 rings (SSSR count). The predicted molar refractivity (Wildman–Crippen MR) is 71.9 cm³/mol. The summed E-state index contributed by atoms with van der Waals surface area (Å²) < 4.78 is 5.21. The van der Waals surface area contributed by atoms with E-state index < -0.39 is 0 Å². The smallest absolute Gasteiger partial charge is 0.119 e. The molecule has 0 fully saturated rings. The van der Waals surface area contributed by atoms with Crippen LogP contribution >= 0.6 is 0 Å². The average molecular weight is 236 g/mol. The molecular formula is C14H24N2O. The van der Waals surface area contributed by atoms with Crippen molar-refractivity contribution >= 4 is 0 Å². The molecule has 17 heavy (non-hydrogen) atoms. The van der Waals surface area contributed by atoms with Crippen LogP contribution in [0.2, 0.25) is 0 Å². The minimum atomic E-state index is 0.181. The molecule has 1 aromatic rings. The molecule has 3 N–H and O–H groups in total. The van der Waals surface area contributed by atoms with Crippen LogP contribution in [-0.4, -0.2) is 7.11 Å². The largest absolute Gasteiger partial charge is 0.497 e. The third-order valence-electron chi connectivity index (χ3n) is 2.87. The van der Waals surface area contributed by atoms with E-state index in [-0.39, 0.29) is 11.5 Å². The van der Waals surface area contributed by atoms with Crippen molar-refractivity contribution in [2.75, 3.05) is 7.11 Å². The second kappa shape index (κ2) is 5.52. The summed E-state index contributed by atoms with van der Waals surface area (Å²) in [4.78, 5) is 0. The van der Waals surface area contributed by atoms with Crippen molar-refractivity contribution in [3.63, 3.8) is 0 Å². The zero-order chi connectivity index (χ0) is 13.1. The SMILES string of the molecule is COc1ccc(C(CC(C)(C)C)NN)c(C)c1. The van der Waals surface area contributed by atoms with Crippen molar-refractivity contribution in [2.24, 2.45) is 11.3 Å². The first-order valence-corrected chi connectivity index (χ1v) is 5.98. The highest BCUT2D eigenvalue weighted by atomic mass is 16.5. The third-order valence-corrected chi connectivity index (χ3v) is 2.87. The van der Waals surface area contributed by atoms with Gasteiger partial charge in [-0.15, -0.1) is 0 Å². The van der Waals surface area contributed by atoms with Crippen molar-refractivity contribution in [3.8, 4) is 5.75 Å². The molecule has 0 bridgehead atoms. The topological polar surface area (TPSA) is 47.3 Å². The van der Waals surface area contributed by atoms with Gasteiger partial charge in [0.2, 0.25) is 0 Å². The number of hydrogen-bond acceptors (Lipinski definition) is 3. The second-order valence-corrected chi connectivity index (χ2v) is 5.71. The van der Waals surface area contributed by atoms with Crippen LogP contribution in [0.5, 0.6) is 5.75 Å². The highest BCUT2D eigenvalue weighted by Crippen LogP contribution is 2.31. The molecule has 1 aromatic carbocycles. The van der Waals surface area contributed by atoms with Crippen LogP contribution in [0.15, 0.2) is 18.2 Å². The monoisotopic (exact) mass is 236 g/mol. The Hall–Kier alpha value is -1.06. The van der Waals surface area contributed by atoms with E-state index in [9.17, 15) is 0 Å². The van der Waals surface area contributed by atoms with Gasteiger partial charge >= 0.3 is 0 Å². The fourth-order valence-corrected chi connectivity index (χ4v) is 2.04. The molecule has 0 aliphatic heterocycles. The van der Waals surface area contributed by atoms with Crippen LogP contribution in [-0.2, 0) is 0 Å². The minimum Gasteiger partial charge on any atom is -0.497 e.